The van der Waals surface area contributed by atoms with Crippen molar-refractivity contribution in [2.75, 3.05) is 34.0 Å². The second-order valence-electron chi connectivity index (χ2n) is 6.90. The van der Waals surface area contributed by atoms with Crippen molar-refractivity contribution in [3.63, 3.8) is 0 Å². The molecule has 0 atom stereocenters. The van der Waals surface area contributed by atoms with E-state index in [-0.39, 0.29) is 0 Å². The van der Waals surface area contributed by atoms with E-state index in [1.54, 1.807) is 26.6 Å². The fourth-order valence-corrected chi connectivity index (χ4v) is 3.41. The van der Waals surface area contributed by atoms with Gasteiger partial charge in [0.05, 0.1) is 25.4 Å². The van der Waals surface area contributed by atoms with E-state index in [0.717, 1.165) is 35.1 Å². The number of ether oxygens (including phenoxy) is 3. The van der Waals surface area contributed by atoms with Crippen LogP contribution in [-0.2, 0) is 11.3 Å². The van der Waals surface area contributed by atoms with E-state index in [0.29, 0.717) is 24.7 Å². The zero-order valence-electron chi connectivity index (χ0n) is 17.1. The van der Waals surface area contributed by atoms with Crippen LogP contribution in [0.15, 0.2) is 61.2 Å². The smallest absolute Gasteiger partial charge is 0.162 e. The summed E-state index contributed by atoms with van der Waals surface area (Å²) in [6, 6.07) is 7.85. The van der Waals surface area contributed by atoms with Gasteiger partial charge in [0.15, 0.2) is 11.5 Å². The molecule has 0 saturated heterocycles. The van der Waals surface area contributed by atoms with Gasteiger partial charge in [-0.05, 0) is 23.3 Å². The lowest BCUT2D eigenvalue weighted by atomic mass is 10.0. The van der Waals surface area contributed by atoms with Crippen LogP contribution in [0, 0.1) is 0 Å². The SMILES string of the molecule is COCCOc1cc2c(C3=CN(Cc4cccnc4)CC=C3)cnnc2cc1OC. The first-order valence-corrected chi connectivity index (χ1v) is 9.75. The highest BCUT2D eigenvalue weighted by molar-refractivity contribution is 5.95. The van der Waals surface area contributed by atoms with Gasteiger partial charge < -0.3 is 19.1 Å². The third-order valence-corrected chi connectivity index (χ3v) is 4.85. The minimum absolute atomic E-state index is 0.438. The number of allylic oxidation sites excluding steroid dienone is 2. The van der Waals surface area contributed by atoms with Crippen molar-refractivity contribution in [3.8, 4) is 11.5 Å². The first-order valence-electron chi connectivity index (χ1n) is 9.75. The molecule has 3 heterocycles. The summed E-state index contributed by atoms with van der Waals surface area (Å²) in [6.45, 7) is 2.57. The molecular formula is C23H24N4O3. The Balaban J connectivity index is 1.68. The van der Waals surface area contributed by atoms with Crippen LogP contribution in [0.5, 0.6) is 11.5 Å². The second-order valence-corrected chi connectivity index (χ2v) is 6.90. The van der Waals surface area contributed by atoms with E-state index in [4.69, 9.17) is 14.2 Å². The number of hydrogen-bond donors (Lipinski definition) is 0. The molecule has 0 saturated carbocycles. The Labute approximate surface area is 175 Å². The number of rotatable bonds is 8. The fourth-order valence-electron chi connectivity index (χ4n) is 3.41. The Hall–Kier alpha value is -3.45. The molecule has 0 radical (unpaired) electrons. The molecule has 7 heteroatoms. The molecule has 0 N–H and O–H groups in total. The molecule has 2 aromatic heterocycles. The summed E-state index contributed by atoms with van der Waals surface area (Å²) >= 11 is 0. The molecule has 1 aromatic carbocycles. The van der Waals surface area contributed by atoms with Gasteiger partial charge in [0.25, 0.3) is 0 Å². The summed E-state index contributed by atoms with van der Waals surface area (Å²) < 4.78 is 16.4. The van der Waals surface area contributed by atoms with Crippen LogP contribution < -0.4 is 9.47 Å². The molecule has 154 valence electrons. The molecule has 7 nitrogen and oxygen atoms in total. The van der Waals surface area contributed by atoms with Gasteiger partial charge in [0, 0.05) is 55.8 Å². The van der Waals surface area contributed by atoms with Gasteiger partial charge in [0.2, 0.25) is 0 Å². The van der Waals surface area contributed by atoms with Gasteiger partial charge in [-0.1, -0.05) is 18.2 Å². The molecule has 0 unspecified atom stereocenters. The molecule has 30 heavy (non-hydrogen) atoms. The quantitative estimate of drug-likeness (QED) is 0.533. The van der Waals surface area contributed by atoms with Crippen LogP contribution in [-0.4, -0.2) is 54.1 Å². The summed E-state index contributed by atoms with van der Waals surface area (Å²) in [5, 5.41) is 9.45. The van der Waals surface area contributed by atoms with Gasteiger partial charge >= 0.3 is 0 Å². The molecule has 0 fully saturated rings. The topological polar surface area (TPSA) is 69.6 Å². The first kappa shape index (κ1) is 19.8. The van der Waals surface area contributed by atoms with Crippen molar-refractivity contribution in [1.29, 1.82) is 0 Å². The third-order valence-electron chi connectivity index (χ3n) is 4.85. The number of pyridine rings is 1. The maximum absolute atomic E-state index is 5.87. The Morgan fingerprint density at radius 2 is 2.03 bits per heavy atom. The summed E-state index contributed by atoms with van der Waals surface area (Å²) in [7, 11) is 3.26. The number of nitrogens with zero attached hydrogens (tertiary/aromatic N) is 4. The minimum atomic E-state index is 0.438. The average molecular weight is 404 g/mol. The van der Waals surface area contributed by atoms with Crippen molar-refractivity contribution < 1.29 is 14.2 Å². The monoisotopic (exact) mass is 404 g/mol. The summed E-state index contributed by atoms with van der Waals surface area (Å²) in [4.78, 5) is 6.45. The highest BCUT2D eigenvalue weighted by Crippen LogP contribution is 2.35. The van der Waals surface area contributed by atoms with Gasteiger partial charge in [-0.2, -0.15) is 10.2 Å². The van der Waals surface area contributed by atoms with E-state index in [1.165, 1.54) is 5.56 Å². The molecule has 3 aromatic rings. The van der Waals surface area contributed by atoms with Crippen molar-refractivity contribution in [1.82, 2.24) is 20.1 Å². The minimum Gasteiger partial charge on any atom is -0.493 e. The van der Waals surface area contributed by atoms with Gasteiger partial charge in [0.1, 0.15) is 6.61 Å². The number of aromatic nitrogens is 3. The fraction of sp³-hybridized carbons (Fsp3) is 0.261. The van der Waals surface area contributed by atoms with Crippen LogP contribution in [0.3, 0.4) is 0 Å². The molecule has 0 spiro atoms. The van der Waals surface area contributed by atoms with Crippen LogP contribution in [0.4, 0.5) is 0 Å². The molecule has 1 aliphatic rings. The number of hydrogen-bond acceptors (Lipinski definition) is 7. The molecule has 1 aliphatic heterocycles. The van der Waals surface area contributed by atoms with Crippen LogP contribution in [0.1, 0.15) is 11.1 Å². The van der Waals surface area contributed by atoms with Crippen LogP contribution >= 0.6 is 0 Å². The number of fused-ring (bicyclic) bond motifs is 1. The lowest BCUT2D eigenvalue weighted by Gasteiger charge is -2.23. The lowest BCUT2D eigenvalue weighted by molar-refractivity contribution is 0.144. The first-order chi connectivity index (χ1) is 14.8. The Bertz CT molecular complexity index is 1070. The van der Waals surface area contributed by atoms with E-state index in [1.807, 2.05) is 24.4 Å². The predicted octanol–water partition coefficient (Wildman–Crippen LogP) is 3.47. The molecule has 0 aliphatic carbocycles. The van der Waals surface area contributed by atoms with Crippen molar-refractivity contribution in [2.45, 2.75) is 6.54 Å². The summed E-state index contributed by atoms with van der Waals surface area (Å²) in [5.41, 5.74) is 3.98. The van der Waals surface area contributed by atoms with Gasteiger partial charge in [-0.15, -0.1) is 0 Å². The Morgan fingerprint density at radius 3 is 2.83 bits per heavy atom. The molecule has 0 bridgehead atoms. The number of methoxy groups -OCH3 is 2. The maximum atomic E-state index is 5.87. The molecular weight excluding hydrogens is 380 g/mol. The van der Waals surface area contributed by atoms with Crippen molar-refractivity contribution in [2.24, 2.45) is 0 Å². The van der Waals surface area contributed by atoms with E-state index in [9.17, 15) is 0 Å². The highest BCUT2D eigenvalue weighted by atomic mass is 16.5. The average Bonchev–Trinajstić information content (AvgIpc) is 2.79. The van der Waals surface area contributed by atoms with Gasteiger partial charge in [-0.25, -0.2) is 0 Å². The zero-order chi connectivity index (χ0) is 20.8. The highest BCUT2D eigenvalue weighted by Gasteiger charge is 2.15. The Morgan fingerprint density at radius 1 is 1.10 bits per heavy atom. The zero-order valence-corrected chi connectivity index (χ0v) is 17.1. The molecule has 0 amide bonds. The number of benzene rings is 1. The Kier molecular flexibility index (Phi) is 6.20. The van der Waals surface area contributed by atoms with E-state index < -0.39 is 0 Å². The van der Waals surface area contributed by atoms with Crippen molar-refractivity contribution in [3.05, 3.63) is 72.3 Å². The van der Waals surface area contributed by atoms with Crippen LogP contribution in [0.25, 0.3) is 16.5 Å². The summed E-state index contributed by atoms with van der Waals surface area (Å²) in [6.07, 6.45) is 11.9. The second kappa shape index (κ2) is 9.37. The standard InChI is InChI=1S/C23H24N4O3/c1-28-9-10-30-23-11-19-20(14-25-26-21(19)12-22(23)29-2)18-6-4-8-27(16-18)15-17-5-3-7-24-13-17/h3-7,11-14,16H,8-10,15H2,1-2H3. The summed E-state index contributed by atoms with van der Waals surface area (Å²) in [5.74, 6) is 1.28. The van der Waals surface area contributed by atoms with Gasteiger partial charge in [-0.3, -0.25) is 4.98 Å². The normalized spacial score (nSPS) is 13.4. The van der Waals surface area contributed by atoms with E-state index >= 15 is 0 Å². The molecule has 4 rings (SSSR count). The van der Waals surface area contributed by atoms with E-state index in [2.05, 4.69) is 44.5 Å². The lowest BCUT2D eigenvalue weighted by Crippen LogP contribution is -2.19. The maximum Gasteiger partial charge on any atom is 0.162 e. The third kappa shape index (κ3) is 4.41. The predicted molar refractivity (Wildman–Crippen MR) is 115 cm³/mol. The largest absolute Gasteiger partial charge is 0.493 e. The van der Waals surface area contributed by atoms with Crippen molar-refractivity contribution >= 4 is 16.5 Å². The van der Waals surface area contributed by atoms with Crippen LogP contribution in [0.2, 0.25) is 0 Å².